The molecule has 58 valence electrons. The maximum absolute atomic E-state index is 10.6. The predicted octanol–water partition coefficient (Wildman–Crippen LogP) is 1.08. The van der Waals surface area contributed by atoms with Crippen LogP contribution in [-0.4, -0.2) is 16.4 Å². The molecule has 0 N–H and O–H groups in total. The molecule has 0 aromatic carbocycles. The molecule has 0 saturated carbocycles. The van der Waals surface area contributed by atoms with Gasteiger partial charge < -0.3 is 4.29 Å². The highest BCUT2D eigenvalue weighted by Crippen LogP contribution is 2.26. The third kappa shape index (κ3) is 2.08. The Bertz CT molecular complexity index is 168. The Balaban J connectivity index is 4.40. The average Bonchev–Trinajstić information content (AvgIpc) is 1.86. The Hall–Kier alpha value is 0.150. The van der Waals surface area contributed by atoms with Crippen LogP contribution in [0.3, 0.4) is 0 Å². The van der Waals surface area contributed by atoms with Gasteiger partial charge in [-0.15, -0.1) is 0 Å². The van der Waals surface area contributed by atoms with Crippen LogP contribution in [0.5, 0.6) is 0 Å². The first-order chi connectivity index (χ1) is 4.42. The number of alkyl halides is 1. The third-order valence-electron chi connectivity index (χ3n) is 0.879. The van der Waals surface area contributed by atoms with E-state index in [0.717, 1.165) is 6.92 Å². The highest BCUT2D eigenvalue weighted by Gasteiger charge is 2.38. The van der Waals surface area contributed by atoms with E-state index in [-0.39, 0.29) is 0 Å². The summed E-state index contributed by atoms with van der Waals surface area (Å²) in [6.45, 7) is 1.16. The Kier molecular flexibility index (Phi) is 3.57. The van der Waals surface area contributed by atoms with E-state index in [2.05, 4.69) is 16.2 Å². The first-order valence-electron chi connectivity index (χ1n) is 2.24. The minimum Gasteiger partial charge on any atom is -0.345 e. The SMILES string of the molecule is CC(=O)C(P)(Cl)C(=O)OCl. The molecule has 0 amide bonds. The summed E-state index contributed by atoms with van der Waals surface area (Å²) in [7, 11) is 1.85. The van der Waals surface area contributed by atoms with Gasteiger partial charge in [-0.1, -0.05) is 20.8 Å². The lowest BCUT2D eigenvalue weighted by Gasteiger charge is -2.12. The molecule has 0 spiro atoms. The number of carbonyl (C=O) groups is 2. The number of hydrogen-bond donors (Lipinski definition) is 0. The molecule has 0 saturated heterocycles. The second kappa shape index (κ2) is 3.51. The molecule has 0 fully saturated rings. The van der Waals surface area contributed by atoms with Gasteiger partial charge in [-0.25, -0.2) is 4.79 Å². The molecular weight excluding hydrogens is 198 g/mol. The molecule has 0 aliphatic heterocycles. The highest BCUT2D eigenvalue weighted by atomic mass is 35.5. The molecule has 2 atom stereocenters. The summed E-state index contributed by atoms with van der Waals surface area (Å²) in [6.07, 6.45) is 0. The Morgan fingerprint density at radius 3 is 2.10 bits per heavy atom. The zero-order chi connectivity index (χ0) is 8.36. The fourth-order valence-corrected chi connectivity index (χ4v) is 0.533. The van der Waals surface area contributed by atoms with Gasteiger partial charge in [-0.2, -0.15) is 0 Å². The molecule has 0 heterocycles. The van der Waals surface area contributed by atoms with Crippen LogP contribution in [0.15, 0.2) is 0 Å². The smallest absolute Gasteiger partial charge is 0.345 e. The van der Waals surface area contributed by atoms with Gasteiger partial charge in [0.1, 0.15) is 11.9 Å². The Labute approximate surface area is 70.4 Å². The third-order valence-corrected chi connectivity index (χ3v) is 2.08. The van der Waals surface area contributed by atoms with E-state index in [9.17, 15) is 9.59 Å². The maximum atomic E-state index is 10.6. The normalized spacial score (nSPS) is 15.6. The molecule has 0 aromatic heterocycles. The van der Waals surface area contributed by atoms with Gasteiger partial charge in [0.25, 0.3) is 0 Å². The van der Waals surface area contributed by atoms with Crippen LogP contribution in [0.2, 0.25) is 0 Å². The fourth-order valence-electron chi connectivity index (χ4n) is 0.200. The van der Waals surface area contributed by atoms with E-state index in [0.29, 0.717) is 0 Å². The van der Waals surface area contributed by atoms with Crippen LogP contribution in [0.1, 0.15) is 6.92 Å². The molecule has 2 unspecified atom stereocenters. The lowest BCUT2D eigenvalue weighted by atomic mass is 10.3. The molecule has 6 heteroatoms. The monoisotopic (exact) mass is 202 g/mol. The van der Waals surface area contributed by atoms with Gasteiger partial charge in [-0.05, 0) is 6.92 Å². The molecule has 0 aliphatic carbocycles. The van der Waals surface area contributed by atoms with E-state index in [1.54, 1.807) is 0 Å². The lowest BCUT2D eigenvalue weighted by molar-refractivity contribution is -0.137. The predicted molar refractivity (Wildman–Crippen MR) is 40.9 cm³/mol. The van der Waals surface area contributed by atoms with Gasteiger partial charge in [0.05, 0.1) is 0 Å². The van der Waals surface area contributed by atoms with Crippen LogP contribution in [0.25, 0.3) is 0 Å². The van der Waals surface area contributed by atoms with Crippen LogP contribution in [0, 0.1) is 0 Å². The molecule has 10 heavy (non-hydrogen) atoms. The average molecular weight is 203 g/mol. The van der Waals surface area contributed by atoms with E-state index in [1.165, 1.54) is 0 Å². The summed E-state index contributed by atoms with van der Waals surface area (Å²) in [4.78, 5) is 21.1. The fraction of sp³-hybridized carbons (Fsp3) is 0.500. The number of hydrogen-bond acceptors (Lipinski definition) is 3. The van der Waals surface area contributed by atoms with Gasteiger partial charge in [0.2, 0.25) is 4.62 Å². The summed E-state index contributed by atoms with van der Waals surface area (Å²) >= 11 is 10.1. The maximum Gasteiger partial charge on any atom is 0.356 e. The van der Waals surface area contributed by atoms with Crippen LogP contribution in [0.4, 0.5) is 0 Å². The second-order valence-electron chi connectivity index (χ2n) is 1.63. The minimum absolute atomic E-state index is 0.537. The summed E-state index contributed by atoms with van der Waals surface area (Å²) < 4.78 is 2.00. The molecule has 0 rings (SSSR count). The second-order valence-corrected chi connectivity index (χ2v) is 3.62. The first kappa shape index (κ1) is 10.2. The first-order valence-corrected chi connectivity index (χ1v) is 3.51. The van der Waals surface area contributed by atoms with Crippen LogP contribution >= 0.6 is 32.7 Å². The van der Waals surface area contributed by atoms with Crippen LogP contribution in [-0.2, 0) is 13.9 Å². The highest BCUT2D eigenvalue weighted by molar-refractivity contribution is 7.27. The van der Waals surface area contributed by atoms with E-state index in [1.807, 2.05) is 9.24 Å². The number of Topliss-reactive ketones (excluding diaryl/α,β-unsaturated/α-hetero) is 1. The van der Waals surface area contributed by atoms with E-state index < -0.39 is 16.4 Å². The van der Waals surface area contributed by atoms with Crippen molar-refractivity contribution in [2.75, 3.05) is 0 Å². The Morgan fingerprint density at radius 2 is 2.00 bits per heavy atom. The zero-order valence-corrected chi connectivity index (χ0v) is 7.72. The Morgan fingerprint density at radius 1 is 1.60 bits per heavy atom. The number of rotatable bonds is 2. The molecule has 0 aromatic rings. The molecule has 3 nitrogen and oxygen atoms in total. The minimum atomic E-state index is -1.73. The van der Waals surface area contributed by atoms with Crippen molar-refractivity contribution in [3.05, 3.63) is 0 Å². The molecule has 0 bridgehead atoms. The van der Waals surface area contributed by atoms with Gasteiger partial charge in [0, 0.05) is 0 Å². The van der Waals surface area contributed by atoms with Crippen molar-refractivity contribution in [2.24, 2.45) is 0 Å². The van der Waals surface area contributed by atoms with Crippen molar-refractivity contribution in [1.82, 2.24) is 0 Å². The largest absolute Gasteiger partial charge is 0.356 e. The van der Waals surface area contributed by atoms with Gasteiger partial charge in [0.15, 0.2) is 5.78 Å². The van der Waals surface area contributed by atoms with Crippen molar-refractivity contribution in [2.45, 2.75) is 11.5 Å². The van der Waals surface area contributed by atoms with Gasteiger partial charge >= 0.3 is 5.97 Å². The summed E-state index contributed by atoms with van der Waals surface area (Å²) in [6, 6.07) is 0. The zero-order valence-electron chi connectivity index (χ0n) is 5.06. The molecule has 0 aliphatic rings. The summed E-state index contributed by atoms with van der Waals surface area (Å²) in [5, 5.41) is 0. The quantitative estimate of drug-likeness (QED) is 0.383. The molecular formula is C4H5Cl2O3P. The van der Waals surface area contributed by atoms with Gasteiger partial charge in [-0.3, -0.25) is 4.79 Å². The van der Waals surface area contributed by atoms with Crippen molar-refractivity contribution < 1.29 is 13.9 Å². The number of ketones is 1. The number of carbonyl (C=O) groups excluding carboxylic acids is 2. The van der Waals surface area contributed by atoms with Crippen molar-refractivity contribution in [1.29, 1.82) is 0 Å². The van der Waals surface area contributed by atoms with E-state index in [4.69, 9.17) is 11.6 Å². The van der Waals surface area contributed by atoms with Crippen molar-refractivity contribution in [3.8, 4) is 0 Å². The van der Waals surface area contributed by atoms with Crippen molar-refractivity contribution in [3.63, 3.8) is 0 Å². The molecule has 0 radical (unpaired) electrons. The van der Waals surface area contributed by atoms with E-state index >= 15 is 0 Å². The van der Waals surface area contributed by atoms with Crippen molar-refractivity contribution >= 4 is 44.5 Å². The summed E-state index contributed by atoms with van der Waals surface area (Å²) in [5.74, 6) is -1.53. The van der Waals surface area contributed by atoms with Crippen LogP contribution < -0.4 is 0 Å². The standard InChI is InChI=1S/C4H5Cl2O3P/c1-2(7)4(5,10)3(8)9-6/h10H2,1H3. The number of halogens is 2. The summed E-state index contributed by atoms with van der Waals surface area (Å²) in [5.41, 5.74) is 0. The topological polar surface area (TPSA) is 43.4 Å². The lowest BCUT2D eigenvalue weighted by Crippen LogP contribution is -2.33.